The highest BCUT2D eigenvalue weighted by Gasteiger charge is 2.25. The van der Waals surface area contributed by atoms with Gasteiger partial charge in [-0.05, 0) is 24.8 Å². The van der Waals surface area contributed by atoms with Crippen LogP contribution in [0.25, 0.3) is 16.6 Å². The van der Waals surface area contributed by atoms with Crippen molar-refractivity contribution in [1.82, 2.24) is 24.3 Å². The Morgan fingerprint density at radius 2 is 1.87 bits per heavy atom. The number of aromatic nitrogens is 4. The lowest BCUT2D eigenvalue weighted by molar-refractivity contribution is 0.0290. The zero-order valence-electron chi connectivity index (χ0n) is 17.8. The van der Waals surface area contributed by atoms with Crippen LogP contribution in [0.3, 0.4) is 0 Å². The quantitative estimate of drug-likeness (QED) is 0.640. The van der Waals surface area contributed by atoms with Crippen LogP contribution in [0.5, 0.6) is 0 Å². The van der Waals surface area contributed by atoms with E-state index in [-0.39, 0.29) is 6.09 Å². The van der Waals surface area contributed by atoms with Crippen molar-refractivity contribution in [2.45, 2.75) is 12.8 Å². The molecule has 2 aliphatic heterocycles. The van der Waals surface area contributed by atoms with Crippen molar-refractivity contribution in [2.24, 2.45) is 13.0 Å². The molecule has 5 rings (SSSR count). The summed E-state index contributed by atoms with van der Waals surface area (Å²) in [5.41, 5.74) is 4.29. The van der Waals surface area contributed by atoms with Gasteiger partial charge in [0.05, 0.1) is 30.2 Å². The van der Waals surface area contributed by atoms with Gasteiger partial charge in [0.2, 0.25) is 0 Å². The minimum Gasteiger partial charge on any atom is -0.449 e. The first-order valence-electron chi connectivity index (χ1n) is 10.9. The Balaban J connectivity index is 1.19. The average molecular weight is 425 g/mol. The van der Waals surface area contributed by atoms with Gasteiger partial charge in [0.25, 0.3) is 0 Å². The van der Waals surface area contributed by atoms with Crippen molar-refractivity contribution < 1.29 is 14.3 Å². The third kappa shape index (κ3) is 4.23. The number of aryl methyl sites for hydroxylation is 1. The second-order valence-corrected chi connectivity index (χ2v) is 8.29. The molecule has 0 bridgehead atoms. The van der Waals surface area contributed by atoms with E-state index in [2.05, 4.69) is 27.2 Å². The Kier molecular flexibility index (Phi) is 5.50. The highest BCUT2D eigenvalue weighted by Crippen LogP contribution is 2.26. The Bertz CT molecular complexity index is 1050. The third-order valence-electron chi connectivity index (χ3n) is 6.20. The van der Waals surface area contributed by atoms with E-state index in [1.807, 2.05) is 41.3 Å². The first kappa shape index (κ1) is 19.9. The lowest BCUT2D eigenvalue weighted by Crippen LogP contribution is -2.49. The summed E-state index contributed by atoms with van der Waals surface area (Å²) in [4.78, 5) is 16.5. The summed E-state index contributed by atoms with van der Waals surface area (Å²) in [6.45, 7) is 4.86. The van der Waals surface area contributed by atoms with Crippen LogP contribution >= 0.6 is 0 Å². The van der Waals surface area contributed by atoms with Gasteiger partial charge >= 0.3 is 6.09 Å². The molecule has 0 N–H and O–H groups in total. The van der Waals surface area contributed by atoms with Crippen LogP contribution < -0.4 is 4.90 Å². The Labute approximate surface area is 181 Å². The molecule has 9 heteroatoms. The van der Waals surface area contributed by atoms with E-state index >= 15 is 0 Å². The van der Waals surface area contributed by atoms with Crippen LogP contribution in [-0.2, 0) is 16.5 Å². The fourth-order valence-electron chi connectivity index (χ4n) is 4.28. The second-order valence-electron chi connectivity index (χ2n) is 8.29. The van der Waals surface area contributed by atoms with Gasteiger partial charge in [0, 0.05) is 70.0 Å². The van der Waals surface area contributed by atoms with Crippen molar-refractivity contribution in [3.8, 4) is 11.1 Å². The van der Waals surface area contributed by atoms with Crippen molar-refractivity contribution in [1.29, 1.82) is 0 Å². The number of fused-ring (bicyclic) bond motifs is 1. The maximum absolute atomic E-state index is 12.5. The molecule has 9 nitrogen and oxygen atoms in total. The van der Waals surface area contributed by atoms with Crippen molar-refractivity contribution in [3.05, 3.63) is 36.9 Å². The maximum atomic E-state index is 12.5. The molecule has 2 fully saturated rings. The topological polar surface area (TPSA) is 77.1 Å². The summed E-state index contributed by atoms with van der Waals surface area (Å²) >= 11 is 0. The number of hydrogen-bond acceptors (Lipinski definition) is 6. The molecule has 3 aromatic rings. The van der Waals surface area contributed by atoms with E-state index in [9.17, 15) is 4.79 Å². The number of nitrogens with zero attached hydrogens (tertiary/aromatic N) is 6. The van der Waals surface area contributed by atoms with Crippen molar-refractivity contribution in [3.63, 3.8) is 0 Å². The Morgan fingerprint density at radius 3 is 2.61 bits per heavy atom. The number of ether oxygens (including phenoxy) is 2. The highest BCUT2D eigenvalue weighted by atomic mass is 16.6. The van der Waals surface area contributed by atoms with Crippen molar-refractivity contribution in [2.75, 3.05) is 50.9 Å². The average Bonchev–Trinajstić information content (AvgIpc) is 3.44. The van der Waals surface area contributed by atoms with Crippen LogP contribution in [0.15, 0.2) is 36.9 Å². The molecule has 2 aliphatic rings. The van der Waals surface area contributed by atoms with E-state index in [1.165, 1.54) is 0 Å². The van der Waals surface area contributed by atoms with Crippen LogP contribution in [-0.4, -0.2) is 76.4 Å². The largest absolute Gasteiger partial charge is 0.449 e. The monoisotopic (exact) mass is 424 g/mol. The summed E-state index contributed by atoms with van der Waals surface area (Å²) in [5, 5.41) is 8.80. The molecule has 0 aliphatic carbocycles. The molecular weight excluding hydrogens is 396 g/mol. The summed E-state index contributed by atoms with van der Waals surface area (Å²) in [6.07, 6.45) is 9.52. The Hall–Kier alpha value is -3.07. The summed E-state index contributed by atoms with van der Waals surface area (Å²) < 4.78 is 14.6. The first-order chi connectivity index (χ1) is 15.2. The number of piperazine rings is 1. The maximum Gasteiger partial charge on any atom is 0.409 e. The van der Waals surface area contributed by atoms with Crippen LogP contribution in [0.2, 0.25) is 0 Å². The summed E-state index contributed by atoms with van der Waals surface area (Å²) in [7, 11) is 1.91. The molecular formula is C22H28N6O3. The molecule has 5 heterocycles. The molecule has 164 valence electrons. The van der Waals surface area contributed by atoms with Gasteiger partial charge in [-0.25, -0.2) is 9.31 Å². The van der Waals surface area contributed by atoms with E-state index in [0.29, 0.717) is 25.6 Å². The molecule has 0 unspecified atom stereocenters. The minimum absolute atomic E-state index is 0.202. The van der Waals surface area contributed by atoms with Crippen LogP contribution in [0, 0.1) is 5.92 Å². The third-order valence-corrected chi connectivity index (χ3v) is 6.20. The number of anilines is 1. The fraction of sp³-hybridized carbons (Fsp3) is 0.500. The van der Waals surface area contributed by atoms with Crippen LogP contribution in [0.1, 0.15) is 12.8 Å². The zero-order chi connectivity index (χ0) is 21.2. The highest BCUT2D eigenvalue weighted by molar-refractivity contribution is 5.76. The molecule has 0 spiro atoms. The number of hydrogen-bond donors (Lipinski definition) is 0. The molecule has 0 saturated carbocycles. The molecule has 2 saturated heterocycles. The minimum atomic E-state index is -0.202. The van der Waals surface area contributed by atoms with Gasteiger partial charge in [-0.15, -0.1) is 0 Å². The fourth-order valence-corrected chi connectivity index (χ4v) is 4.28. The van der Waals surface area contributed by atoms with E-state index in [4.69, 9.17) is 9.47 Å². The van der Waals surface area contributed by atoms with Gasteiger partial charge in [-0.3, -0.25) is 4.68 Å². The standard InChI is InChI=1S/C22H28N6O3/c1-25-14-19(12-23-25)18-2-3-20-21(13-24-28(20)15-18)26-6-8-27(9-7-26)22(29)31-16-17-4-10-30-11-5-17/h2-3,12-15,17H,4-11,16H2,1H3. The predicted octanol–water partition coefficient (Wildman–Crippen LogP) is 2.42. The van der Waals surface area contributed by atoms with Gasteiger partial charge in [-0.2, -0.15) is 10.2 Å². The molecule has 31 heavy (non-hydrogen) atoms. The van der Waals surface area contributed by atoms with Crippen LogP contribution in [0.4, 0.5) is 10.5 Å². The summed E-state index contributed by atoms with van der Waals surface area (Å²) in [6, 6.07) is 4.20. The smallest absolute Gasteiger partial charge is 0.409 e. The van der Waals surface area contributed by atoms with Crippen molar-refractivity contribution >= 4 is 17.3 Å². The van der Waals surface area contributed by atoms with E-state index < -0.39 is 0 Å². The van der Waals surface area contributed by atoms with E-state index in [0.717, 1.165) is 61.5 Å². The lowest BCUT2D eigenvalue weighted by atomic mass is 10.0. The normalized spacial score (nSPS) is 18.0. The number of rotatable bonds is 4. The molecule has 3 aromatic heterocycles. The zero-order valence-corrected chi connectivity index (χ0v) is 17.8. The molecule has 0 aromatic carbocycles. The second kappa shape index (κ2) is 8.58. The summed E-state index contributed by atoms with van der Waals surface area (Å²) in [5.74, 6) is 0.425. The number of amides is 1. The van der Waals surface area contributed by atoms with Gasteiger partial charge < -0.3 is 19.3 Å². The predicted molar refractivity (Wildman–Crippen MR) is 116 cm³/mol. The number of carbonyl (C=O) groups is 1. The molecule has 0 atom stereocenters. The molecule has 1 amide bonds. The Morgan fingerprint density at radius 1 is 1.06 bits per heavy atom. The van der Waals surface area contributed by atoms with E-state index in [1.54, 1.807) is 4.68 Å². The number of carbonyl (C=O) groups excluding carboxylic acids is 1. The first-order valence-corrected chi connectivity index (χ1v) is 10.9. The van der Waals surface area contributed by atoms with Gasteiger partial charge in [-0.1, -0.05) is 6.07 Å². The van der Waals surface area contributed by atoms with Gasteiger partial charge in [0.15, 0.2) is 0 Å². The SMILES string of the molecule is Cn1cc(-c2ccc3c(N4CCN(C(=O)OCC5CCOCC5)CC4)cnn3c2)cn1. The molecule has 0 radical (unpaired) electrons. The number of pyridine rings is 1. The lowest BCUT2D eigenvalue weighted by Gasteiger charge is -2.35. The van der Waals surface area contributed by atoms with Gasteiger partial charge in [0.1, 0.15) is 0 Å².